The van der Waals surface area contributed by atoms with Crippen molar-refractivity contribution in [3.05, 3.63) is 0 Å². The first-order valence-electron chi connectivity index (χ1n) is 8.48. The number of fused-ring (bicyclic) bond motifs is 1. The molecule has 1 amide bonds. The monoisotopic (exact) mass is 278 g/mol. The number of nitrogens with zero attached hydrogens (tertiary/aromatic N) is 1. The van der Waals surface area contributed by atoms with Gasteiger partial charge in [0.2, 0.25) is 5.91 Å². The number of carbonyl (C=O) groups excluding carboxylic acids is 1. The number of carbonyl (C=O) groups is 1. The van der Waals surface area contributed by atoms with Crippen LogP contribution in [-0.2, 0) is 4.79 Å². The molecule has 1 heterocycles. The zero-order chi connectivity index (χ0) is 14.3. The van der Waals surface area contributed by atoms with E-state index in [2.05, 4.69) is 18.7 Å². The van der Waals surface area contributed by atoms with E-state index < -0.39 is 0 Å². The molecule has 2 aliphatic carbocycles. The van der Waals surface area contributed by atoms with Crippen LogP contribution in [0.1, 0.15) is 58.8 Å². The Morgan fingerprint density at radius 3 is 2.50 bits per heavy atom. The van der Waals surface area contributed by atoms with Gasteiger partial charge >= 0.3 is 0 Å². The van der Waals surface area contributed by atoms with Gasteiger partial charge in [-0.25, -0.2) is 0 Å². The van der Waals surface area contributed by atoms with Crippen molar-refractivity contribution in [3.8, 4) is 0 Å². The predicted octanol–water partition coefficient (Wildman–Crippen LogP) is 2.79. The minimum atomic E-state index is 0.341. The largest absolute Gasteiger partial charge is 0.342 e. The Kier molecular flexibility index (Phi) is 3.83. The summed E-state index contributed by atoms with van der Waals surface area (Å²) in [6.45, 7) is 6.63. The standard InChI is InChI=1S/C17H30N2O/c1-17(2)7-5-12(6-8-17)9-16(20)19-10-13-3-4-15(18)14(13)11-19/h12-15H,3-11,18H2,1-2H3. The molecule has 3 rings (SSSR count). The summed E-state index contributed by atoms with van der Waals surface area (Å²) in [5, 5.41) is 0. The maximum Gasteiger partial charge on any atom is 0.222 e. The first-order valence-corrected chi connectivity index (χ1v) is 8.48. The quantitative estimate of drug-likeness (QED) is 0.844. The van der Waals surface area contributed by atoms with Gasteiger partial charge in [0.1, 0.15) is 0 Å². The van der Waals surface area contributed by atoms with Gasteiger partial charge in [0.05, 0.1) is 0 Å². The molecule has 0 bridgehead atoms. The highest BCUT2D eigenvalue weighted by Crippen LogP contribution is 2.41. The Hall–Kier alpha value is -0.570. The molecule has 0 aromatic rings. The van der Waals surface area contributed by atoms with Crippen molar-refractivity contribution in [1.82, 2.24) is 4.90 Å². The molecule has 3 fully saturated rings. The van der Waals surface area contributed by atoms with Gasteiger partial charge < -0.3 is 10.6 Å². The van der Waals surface area contributed by atoms with Crippen molar-refractivity contribution < 1.29 is 4.79 Å². The van der Waals surface area contributed by atoms with Crippen LogP contribution in [0.25, 0.3) is 0 Å². The van der Waals surface area contributed by atoms with E-state index in [1.165, 1.54) is 32.1 Å². The third-order valence-corrected chi connectivity index (χ3v) is 6.19. The first kappa shape index (κ1) is 14.4. The molecule has 3 aliphatic rings. The Morgan fingerprint density at radius 2 is 1.85 bits per heavy atom. The fraction of sp³-hybridized carbons (Fsp3) is 0.941. The topological polar surface area (TPSA) is 46.3 Å². The van der Waals surface area contributed by atoms with Gasteiger partial charge in [-0.2, -0.15) is 0 Å². The molecule has 0 aromatic heterocycles. The lowest BCUT2D eigenvalue weighted by molar-refractivity contribution is -0.131. The van der Waals surface area contributed by atoms with Gasteiger partial charge in [-0.3, -0.25) is 4.79 Å². The molecule has 0 radical (unpaired) electrons. The van der Waals surface area contributed by atoms with Gasteiger partial charge in [-0.05, 0) is 61.7 Å². The second-order valence-electron chi connectivity index (χ2n) is 8.28. The van der Waals surface area contributed by atoms with Crippen LogP contribution in [0.5, 0.6) is 0 Å². The van der Waals surface area contributed by atoms with Crippen molar-refractivity contribution in [2.24, 2.45) is 28.9 Å². The number of likely N-dealkylation sites (tertiary alicyclic amines) is 1. The van der Waals surface area contributed by atoms with Gasteiger partial charge in [0.25, 0.3) is 0 Å². The molecule has 1 aliphatic heterocycles. The molecule has 20 heavy (non-hydrogen) atoms. The molecule has 114 valence electrons. The van der Waals surface area contributed by atoms with Crippen molar-refractivity contribution in [1.29, 1.82) is 0 Å². The molecule has 3 unspecified atom stereocenters. The molecule has 3 nitrogen and oxygen atoms in total. The highest BCUT2D eigenvalue weighted by molar-refractivity contribution is 5.76. The van der Waals surface area contributed by atoms with E-state index in [1.54, 1.807) is 0 Å². The summed E-state index contributed by atoms with van der Waals surface area (Å²) < 4.78 is 0. The van der Waals surface area contributed by atoms with E-state index in [9.17, 15) is 4.79 Å². The van der Waals surface area contributed by atoms with E-state index in [0.717, 1.165) is 25.9 Å². The Balaban J connectivity index is 1.49. The molecule has 0 aromatic carbocycles. The maximum absolute atomic E-state index is 12.5. The van der Waals surface area contributed by atoms with Crippen molar-refractivity contribution in [3.63, 3.8) is 0 Å². The van der Waals surface area contributed by atoms with Crippen molar-refractivity contribution >= 4 is 5.91 Å². The lowest BCUT2D eigenvalue weighted by Gasteiger charge is -2.34. The average molecular weight is 278 g/mol. The van der Waals surface area contributed by atoms with Gasteiger partial charge in [0, 0.05) is 25.6 Å². The second kappa shape index (κ2) is 5.32. The minimum absolute atomic E-state index is 0.341. The molecule has 2 N–H and O–H groups in total. The van der Waals surface area contributed by atoms with Crippen LogP contribution in [0.15, 0.2) is 0 Å². The minimum Gasteiger partial charge on any atom is -0.342 e. The molecule has 0 spiro atoms. The van der Waals surface area contributed by atoms with Crippen LogP contribution < -0.4 is 5.73 Å². The number of nitrogens with two attached hydrogens (primary N) is 1. The number of amides is 1. The lowest BCUT2D eigenvalue weighted by Crippen LogP contribution is -2.35. The highest BCUT2D eigenvalue weighted by atomic mass is 16.2. The predicted molar refractivity (Wildman–Crippen MR) is 81.1 cm³/mol. The summed E-state index contributed by atoms with van der Waals surface area (Å²) in [5.74, 6) is 2.31. The van der Waals surface area contributed by atoms with Gasteiger partial charge in [-0.15, -0.1) is 0 Å². The van der Waals surface area contributed by atoms with Crippen LogP contribution in [-0.4, -0.2) is 29.9 Å². The Labute approximate surface area is 123 Å². The summed E-state index contributed by atoms with van der Waals surface area (Å²) in [5.41, 5.74) is 6.66. The Morgan fingerprint density at radius 1 is 1.15 bits per heavy atom. The molecule has 3 atom stereocenters. The lowest BCUT2D eigenvalue weighted by atomic mass is 9.72. The maximum atomic E-state index is 12.5. The fourth-order valence-corrected chi connectivity index (χ4v) is 4.55. The third-order valence-electron chi connectivity index (χ3n) is 6.19. The van der Waals surface area contributed by atoms with Crippen molar-refractivity contribution in [2.75, 3.05) is 13.1 Å². The zero-order valence-electron chi connectivity index (χ0n) is 13.1. The van der Waals surface area contributed by atoms with Gasteiger partial charge in [0.15, 0.2) is 0 Å². The van der Waals surface area contributed by atoms with Crippen LogP contribution in [0.4, 0.5) is 0 Å². The third kappa shape index (κ3) is 2.88. The van der Waals surface area contributed by atoms with Crippen LogP contribution >= 0.6 is 0 Å². The zero-order valence-corrected chi connectivity index (χ0v) is 13.1. The first-order chi connectivity index (χ1) is 9.44. The normalized spacial score (nSPS) is 37.1. The van der Waals surface area contributed by atoms with Crippen LogP contribution in [0.3, 0.4) is 0 Å². The van der Waals surface area contributed by atoms with Crippen LogP contribution in [0.2, 0.25) is 0 Å². The molecule has 1 saturated heterocycles. The number of rotatable bonds is 2. The van der Waals surface area contributed by atoms with Gasteiger partial charge in [-0.1, -0.05) is 13.8 Å². The average Bonchev–Trinajstić information content (AvgIpc) is 2.95. The smallest absolute Gasteiger partial charge is 0.222 e. The fourth-order valence-electron chi connectivity index (χ4n) is 4.55. The van der Waals surface area contributed by atoms with E-state index in [1.807, 2.05) is 0 Å². The van der Waals surface area contributed by atoms with E-state index >= 15 is 0 Å². The highest BCUT2D eigenvalue weighted by Gasteiger charge is 2.42. The molecular weight excluding hydrogens is 248 g/mol. The number of hydrogen-bond acceptors (Lipinski definition) is 2. The summed E-state index contributed by atoms with van der Waals surface area (Å²) in [6.07, 6.45) is 8.20. The Bertz CT molecular complexity index is 369. The summed E-state index contributed by atoms with van der Waals surface area (Å²) in [7, 11) is 0. The number of hydrogen-bond donors (Lipinski definition) is 1. The SMILES string of the molecule is CC1(C)CCC(CC(=O)N2CC3CCC(N)C3C2)CC1. The second-order valence-corrected chi connectivity index (χ2v) is 8.28. The molecule has 3 heteroatoms. The van der Waals surface area contributed by atoms with E-state index in [-0.39, 0.29) is 0 Å². The molecular formula is C17H30N2O. The van der Waals surface area contributed by atoms with Crippen molar-refractivity contribution in [2.45, 2.75) is 64.8 Å². The summed E-state index contributed by atoms with van der Waals surface area (Å²) in [6, 6.07) is 0.341. The van der Waals surface area contributed by atoms with E-state index in [4.69, 9.17) is 5.73 Å². The summed E-state index contributed by atoms with van der Waals surface area (Å²) in [4.78, 5) is 14.6. The molecule has 2 saturated carbocycles. The van der Waals surface area contributed by atoms with Crippen LogP contribution in [0, 0.1) is 23.2 Å². The van der Waals surface area contributed by atoms with E-state index in [0.29, 0.717) is 35.1 Å². The summed E-state index contributed by atoms with van der Waals surface area (Å²) >= 11 is 0.